The Balaban J connectivity index is 1.68. The molecule has 1 aromatic carbocycles. The zero-order valence-corrected chi connectivity index (χ0v) is 24.5. The largest absolute Gasteiger partial charge is 0.458 e. The lowest BCUT2D eigenvalue weighted by atomic mass is 9.37. The molecule has 42 heavy (non-hydrogen) atoms. The van der Waals surface area contributed by atoms with E-state index in [9.17, 15) is 29.4 Å². The molecule has 9 atom stereocenters. The zero-order chi connectivity index (χ0) is 30.6. The molecule has 5 aliphatic rings. The number of aliphatic hydroxyl groups excluding tert-OH is 1. The Morgan fingerprint density at radius 1 is 1.02 bits per heavy atom. The maximum atomic E-state index is 14.1. The highest BCUT2D eigenvalue weighted by Gasteiger charge is 2.88. The third kappa shape index (κ3) is 3.27. The van der Waals surface area contributed by atoms with Crippen LogP contribution in [-0.2, 0) is 38.1 Å². The molecule has 0 radical (unpaired) electrons. The van der Waals surface area contributed by atoms with Gasteiger partial charge in [0, 0.05) is 32.1 Å². The Kier molecular flexibility index (Phi) is 6.09. The number of ether oxygens (including phenoxy) is 5. The van der Waals surface area contributed by atoms with Crippen LogP contribution in [0.5, 0.6) is 0 Å². The molecule has 226 valence electrons. The van der Waals surface area contributed by atoms with Gasteiger partial charge in [0.05, 0.1) is 29.6 Å². The van der Waals surface area contributed by atoms with E-state index >= 15 is 0 Å². The van der Waals surface area contributed by atoms with Crippen LogP contribution in [0.15, 0.2) is 41.5 Å². The van der Waals surface area contributed by atoms with Crippen LogP contribution in [-0.4, -0.2) is 81.9 Å². The topological polar surface area (TPSA) is 155 Å². The van der Waals surface area contributed by atoms with E-state index in [1.807, 2.05) is 0 Å². The van der Waals surface area contributed by atoms with Gasteiger partial charge >= 0.3 is 23.9 Å². The SMILES string of the molecule is CC(=O)O[C@H]1C[C@@]23C(=C1C)[C@](O)(C(=O)OC2(C)C)[C@@]1(C)C([C@@H]3OC(=O)c2ccccc2)[C@]2(OC(C)=O)CO[C@@H]2C[C@@H]1O. The van der Waals surface area contributed by atoms with E-state index in [1.165, 1.54) is 20.8 Å². The van der Waals surface area contributed by atoms with Gasteiger partial charge in [-0.3, -0.25) is 9.59 Å². The molecule has 2 bridgehead atoms. The lowest BCUT2D eigenvalue weighted by Gasteiger charge is -2.73. The summed E-state index contributed by atoms with van der Waals surface area (Å²) in [6, 6.07) is 8.32. The van der Waals surface area contributed by atoms with Gasteiger partial charge in [0.2, 0.25) is 0 Å². The number of cyclic esters (lactones) is 1. The van der Waals surface area contributed by atoms with E-state index in [2.05, 4.69) is 0 Å². The number of aliphatic hydroxyl groups is 2. The fraction of sp³-hybridized carbons (Fsp3) is 0.613. The number of esters is 4. The van der Waals surface area contributed by atoms with Crippen molar-refractivity contribution in [2.24, 2.45) is 16.7 Å². The number of hydrogen-bond acceptors (Lipinski definition) is 11. The van der Waals surface area contributed by atoms with Crippen LogP contribution in [0.25, 0.3) is 0 Å². The number of carbonyl (C=O) groups excluding carboxylic acids is 4. The van der Waals surface area contributed by atoms with Crippen LogP contribution >= 0.6 is 0 Å². The molecule has 1 aromatic rings. The molecule has 2 saturated carbocycles. The third-order valence-corrected chi connectivity index (χ3v) is 10.7. The molecule has 0 spiro atoms. The van der Waals surface area contributed by atoms with Crippen molar-refractivity contribution in [1.82, 2.24) is 0 Å². The van der Waals surface area contributed by atoms with Crippen molar-refractivity contribution < 1.29 is 53.1 Å². The first-order chi connectivity index (χ1) is 19.6. The molecule has 2 heterocycles. The van der Waals surface area contributed by atoms with Gasteiger partial charge in [-0.2, -0.15) is 0 Å². The van der Waals surface area contributed by atoms with Crippen LogP contribution in [0, 0.1) is 16.7 Å². The van der Waals surface area contributed by atoms with Gasteiger partial charge in [0.15, 0.2) is 11.2 Å². The molecule has 0 amide bonds. The molecule has 11 heteroatoms. The average Bonchev–Trinajstić information content (AvgIpc) is 3.20. The second-order valence-electron chi connectivity index (χ2n) is 13.0. The third-order valence-electron chi connectivity index (χ3n) is 10.7. The van der Waals surface area contributed by atoms with Gasteiger partial charge < -0.3 is 33.9 Å². The van der Waals surface area contributed by atoms with Crippen molar-refractivity contribution in [3.63, 3.8) is 0 Å². The van der Waals surface area contributed by atoms with Gasteiger partial charge in [-0.05, 0) is 44.1 Å². The second kappa shape index (κ2) is 8.87. The standard InChI is InChI=1S/C31H36O11/c1-15-19(39-16(2)32)13-29-22(15)31(37,26(36)42-27(29,4)5)28(6)20(34)12-21-30(14-38-21,41-17(3)33)23(28)24(29)40-25(35)18-10-8-7-9-11-18/h7-11,19-21,23-24,34,37H,12-14H2,1-6H3/t19-,20-,21+,23?,24-,28+,29-,30-,31-/m0/s1. The number of hydrogen-bond donors (Lipinski definition) is 2. The molecular formula is C31H36O11. The fourth-order valence-corrected chi connectivity index (χ4v) is 8.89. The first kappa shape index (κ1) is 28.8. The minimum Gasteiger partial charge on any atom is -0.458 e. The van der Waals surface area contributed by atoms with Gasteiger partial charge in [-0.15, -0.1) is 0 Å². The minimum atomic E-state index is -2.45. The summed E-state index contributed by atoms with van der Waals surface area (Å²) in [6.45, 7) is 8.92. The van der Waals surface area contributed by atoms with Crippen molar-refractivity contribution in [3.8, 4) is 0 Å². The molecule has 2 aliphatic heterocycles. The van der Waals surface area contributed by atoms with E-state index in [1.54, 1.807) is 51.1 Å². The summed E-state index contributed by atoms with van der Waals surface area (Å²) in [5.41, 5.74) is -7.68. The van der Waals surface area contributed by atoms with Gasteiger partial charge in [0.1, 0.15) is 23.9 Å². The Hall–Kier alpha value is -3.28. The Labute approximate surface area is 243 Å². The van der Waals surface area contributed by atoms with Gasteiger partial charge in [-0.1, -0.05) is 25.1 Å². The number of benzene rings is 1. The van der Waals surface area contributed by atoms with Crippen molar-refractivity contribution in [2.75, 3.05) is 6.61 Å². The summed E-state index contributed by atoms with van der Waals surface area (Å²) in [5, 5.41) is 24.6. The highest BCUT2D eigenvalue weighted by molar-refractivity contribution is 5.91. The van der Waals surface area contributed by atoms with Crippen LogP contribution < -0.4 is 0 Å². The molecule has 2 N–H and O–H groups in total. The fourth-order valence-electron chi connectivity index (χ4n) is 8.89. The highest BCUT2D eigenvalue weighted by Crippen LogP contribution is 2.75. The first-order valence-electron chi connectivity index (χ1n) is 14.2. The molecular weight excluding hydrogens is 548 g/mol. The lowest BCUT2D eigenvalue weighted by Crippen LogP contribution is -2.87. The normalized spacial score (nSPS) is 42.7. The second-order valence-corrected chi connectivity index (χ2v) is 13.0. The maximum absolute atomic E-state index is 14.1. The number of fused-ring (bicyclic) bond motifs is 4. The monoisotopic (exact) mass is 584 g/mol. The Bertz CT molecular complexity index is 1420. The van der Waals surface area contributed by atoms with Crippen LogP contribution in [0.1, 0.15) is 64.7 Å². The summed E-state index contributed by atoms with van der Waals surface area (Å²) < 4.78 is 30.0. The van der Waals surface area contributed by atoms with E-state index in [-0.39, 0.29) is 30.6 Å². The van der Waals surface area contributed by atoms with E-state index < -0.39 is 81.8 Å². The van der Waals surface area contributed by atoms with Crippen molar-refractivity contribution >= 4 is 23.9 Å². The maximum Gasteiger partial charge on any atom is 0.343 e. The summed E-state index contributed by atoms with van der Waals surface area (Å²) in [4.78, 5) is 52.8. The molecule has 4 fully saturated rings. The van der Waals surface area contributed by atoms with Gasteiger partial charge in [0.25, 0.3) is 0 Å². The Morgan fingerprint density at radius 2 is 1.69 bits per heavy atom. The summed E-state index contributed by atoms with van der Waals surface area (Å²) in [7, 11) is 0. The van der Waals surface area contributed by atoms with Crippen molar-refractivity contribution in [2.45, 2.75) is 95.6 Å². The lowest BCUT2D eigenvalue weighted by molar-refractivity contribution is -0.380. The van der Waals surface area contributed by atoms with Gasteiger partial charge in [-0.25, -0.2) is 9.59 Å². The van der Waals surface area contributed by atoms with E-state index in [0.29, 0.717) is 5.57 Å². The molecule has 0 aromatic heterocycles. The molecule has 1 unspecified atom stereocenters. The number of carbonyl (C=O) groups is 4. The summed E-state index contributed by atoms with van der Waals surface area (Å²) in [6.07, 6.45) is -4.35. The number of rotatable bonds is 4. The van der Waals surface area contributed by atoms with Crippen molar-refractivity contribution in [1.29, 1.82) is 0 Å². The van der Waals surface area contributed by atoms with Crippen LogP contribution in [0.4, 0.5) is 0 Å². The van der Waals surface area contributed by atoms with Crippen molar-refractivity contribution in [3.05, 3.63) is 47.0 Å². The van der Waals surface area contributed by atoms with E-state index in [4.69, 9.17) is 23.7 Å². The predicted octanol–water partition coefficient (Wildman–Crippen LogP) is 2.02. The molecule has 2 saturated heterocycles. The van der Waals surface area contributed by atoms with E-state index in [0.717, 1.165) is 0 Å². The van der Waals surface area contributed by atoms with Crippen LogP contribution in [0.2, 0.25) is 0 Å². The molecule has 11 nitrogen and oxygen atoms in total. The smallest absolute Gasteiger partial charge is 0.343 e. The molecule has 6 rings (SSSR count). The Morgan fingerprint density at radius 3 is 2.26 bits per heavy atom. The summed E-state index contributed by atoms with van der Waals surface area (Å²) >= 11 is 0. The first-order valence-corrected chi connectivity index (χ1v) is 14.2. The predicted molar refractivity (Wildman–Crippen MR) is 143 cm³/mol. The zero-order valence-electron chi connectivity index (χ0n) is 24.5. The minimum absolute atomic E-state index is 0.00736. The molecule has 3 aliphatic carbocycles. The quantitative estimate of drug-likeness (QED) is 0.303. The van der Waals surface area contributed by atoms with Crippen LogP contribution in [0.3, 0.4) is 0 Å². The summed E-state index contributed by atoms with van der Waals surface area (Å²) in [5.74, 6) is -4.02. The average molecular weight is 585 g/mol. The highest BCUT2D eigenvalue weighted by atomic mass is 16.6.